The van der Waals surface area contributed by atoms with Crippen LogP contribution in [0.3, 0.4) is 0 Å². The third-order valence-corrected chi connectivity index (χ3v) is 4.98. The molecule has 0 bridgehead atoms. The van der Waals surface area contributed by atoms with E-state index in [-0.39, 0.29) is 0 Å². The van der Waals surface area contributed by atoms with E-state index in [1.165, 1.54) is 0 Å². The van der Waals surface area contributed by atoms with Gasteiger partial charge in [-0.3, -0.25) is 4.79 Å². The van der Waals surface area contributed by atoms with Gasteiger partial charge in [-0.05, 0) is 46.5 Å². The fourth-order valence-corrected chi connectivity index (χ4v) is 3.37. The lowest BCUT2D eigenvalue weighted by Crippen LogP contribution is -2.33. The van der Waals surface area contributed by atoms with Crippen molar-refractivity contribution >= 4 is 22.3 Å². The number of carboxylic acids is 1. The second kappa shape index (κ2) is 8.16. The predicted octanol–water partition coefficient (Wildman–Crippen LogP) is 2.72. The van der Waals surface area contributed by atoms with Crippen molar-refractivity contribution in [2.75, 3.05) is 38.6 Å². The van der Waals surface area contributed by atoms with Crippen molar-refractivity contribution in [2.45, 2.75) is 27.2 Å². The van der Waals surface area contributed by atoms with Gasteiger partial charge in [-0.15, -0.1) is 11.3 Å². The Bertz CT molecular complexity index is 560. The third kappa shape index (κ3) is 4.72. The van der Waals surface area contributed by atoms with E-state index in [0.717, 1.165) is 35.0 Å². The molecule has 0 aliphatic heterocycles. The van der Waals surface area contributed by atoms with Gasteiger partial charge >= 0.3 is 5.97 Å². The number of thiophene rings is 1. The second-order valence-electron chi connectivity index (χ2n) is 5.92. The highest BCUT2D eigenvalue weighted by Gasteiger charge is 2.22. The normalized spacial score (nSPS) is 12.2. The fourth-order valence-electron chi connectivity index (χ4n) is 2.23. The van der Waals surface area contributed by atoms with E-state index >= 15 is 0 Å². The number of aryl methyl sites for hydroxylation is 1. The number of hydrogen-bond acceptors (Lipinski definition) is 5. The maximum atomic E-state index is 11.2. The van der Waals surface area contributed by atoms with E-state index in [0.29, 0.717) is 12.1 Å². The largest absolute Gasteiger partial charge is 0.481 e. The first-order valence-electron chi connectivity index (χ1n) is 7.40. The first kappa shape index (κ1) is 18.5. The Morgan fingerprint density at radius 3 is 2.50 bits per heavy atom. The summed E-state index contributed by atoms with van der Waals surface area (Å²) in [6.07, 6.45) is 0.931. The van der Waals surface area contributed by atoms with Gasteiger partial charge < -0.3 is 14.9 Å². The molecule has 1 atom stereocenters. The lowest BCUT2D eigenvalue weighted by atomic mass is 10.1. The molecule has 0 aliphatic carbocycles. The molecule has 0 radical (unpaired) electrons. The van der Waals surface area contributed by atoms with E-state index in [1.807, 2.05) is 27.9 Å². The number of nitriles is 1. The highest BCUT2D eigenvalue weighted by atomic mass is 32.1. The number of carboxylic acid groups (broad SMARTS) is 1. The molecule has 1 heterocycles. The van der Waals surface area contributed by atoms with Crippen molar-refractivity contribution in [3.8, 4) is 6.07 Å². The Hall–Kier alpha value is -1.58. The molecule has 1 aromatic rings. The quantitative estimate of drug-likeness (QED) is 0.796. The lowest BCUT2D eigenvalue weighted by molar-refractivity contribution is -0.140. The Balaban J connectivity index is 3.01. The Morgan fingerprint density at radius 2 is 2.00 bits per heavy atom. The van der Waals surface area contributed by atoms with Crippen molar-refractivity contribution in [1.82, 2.24) is 4.90 Å². The van der Waals surface area contributed by atoms with Gasteiger partial charge in [-0.1, -0.05) is 6.92 Å². The van der Waals surface area contributed by atoms with Crippen molar-refractivity contribution in [3.05, 3.63) is 16.0 Å². The van der Waals surface area contributed by atoms with Crippen LogP contribution in [0.1, 0.15) is 29.3 Å². The summed E-state index contributed by atoms with van der Waals surface area (Å²) < 4.78 is 0. The van der Waals surface area contributed by atoms with Crippen LogP contribution in [0.4, 0.5) is 5.00 Å². The Kier molecular flexibility index (Phi) is 6.85. The van der Waals surface area contributed by atoms with E-state index in [1.54, 1.807) is 18.3 Å². The highest BCUT2D eigenvalue weighted by molar-refractivity contribution is 7.16. The number of hydrogen-bond donors (Lipinski definition) is 1. The molecule has 0 spiro atoms. The van der Waals surface area contributed by atoms with E-state index in [4.69, 9.17) is 0 Å². The molecular weight excluding hydrogens is 298 g/mol. The van der Waals surface area contributed by atoms with Gasteiger partial charge in [-0.25, -0.2) is 0 Å². The molecule has 5 nitrogen and oxygen atoms in total. The van der Waals surface area contributed by atoms with Crippen molar-refractivity contribution in [1.29, 1.82) is 5.26 Å². The number of carbonyl (C=O) groups is 1. The zero-order valence-electron chi connectivity index (χ0n) is 14.0. The monoisotopic (exact) mass is 323 g/mol. The third-order valence-electron chi connectivity index (χ3n) is 3.71. The van der Waals surface area contributed by atoms with Crippen molar-refractivity contribution < 1.29 is 9.90 Å². The minimum Gasteiger partial charge on any atom is -0.481 e. The van der Waals surface area contributed by atoms with Crippen LogP contribution >= 0.6 is 11.3 Å². The number of rotatable bonds is 8. The molecule has 0 amide bonds. The molecule has 0 saturated carbocycles. The highest BCUT2D eigenvalue weighted by Crippen LogP contribution is 2.35. The molecule has 0 aliphatic rings. The standard InChI is InChI=1S/C16H25N3O2S/c1-11(16(20)21)10-19(8-6-7-18(4)5)15-14(9-17)12(2)13(3)22-15/h11H,6-8,10H2,1-5H3,(H,20,21). The first-order valence-corrected chi connectivity index (χ1v) is 8.22. The van der Waals surface area contributed by atoms with Crippen LogP contribution in [0, 0.1) is 31.1 Å². The summed E-state index contributed by atoms with van der Waals surface area (Å²) in [5, 5.41) is 19.5. The molecule has 1 N–H and O–H groups in total. The molecule has 1 unspecified atom stereocenters. The summed E-state index contributed by atoms with van der Waals surface area (Å²) in [6, 6.07) is 2.28. The molecule has 6 heteroatoms. The Labute approximate surface area is 136 Å². The summed E-state index contributed by atoms with van der Waals surface area (Å²) in [6.45, 7) is 7.78. The van der Waals surface area contributed by atoms with E-state index in [9.17, 15) is 15.2 Å². The van der Waals surface area contributed by atoms with Crippen molar-refractivity contribution in [2.24, 2.45) is 5.92 Å². The summed E-state index contributed by atoms with van der Waals surface area (Å²) in [7, 11) is 4.04. The molecule has 0 fully saturated rings. The Morgan fingerprint density at radius 1 is 1.36 bits per heavy atom. The summed E-state index contributed by atoms with van der Waals surface area (Å²) in [4.78, 5) is 16.5. The van der Waals surface area contributed by atoms with E-state index in [2.05, 4.69) is 15.9 Å². The number of aliphatic carboxylic acids is 1. The van der Waals surface area contributed by atoms with Gasteiger partial charge in [-0.2, -0.15) is 5.26 Å². The number of nitrogens with zero attached hydrogens (tertiary/aromatic N) is 3. The topological polar surface area (TPSA) is 67.6 Å². The average molecular weight is 323 g/mol. The maximum Gasteiger partial charge on any atom is 0.308 e. The summed E-state index contributed by atoms with van der Waals surface area (Å²) in [5.74, 6) is -1.27. The van der Waals surface area contributed by atoms with Crippen LogP contribution in [0.15, 0.2) is 0 Å². The zero-order chi connectivity index (χ0) is 16.9. The number of anilines is 1. The van der Waals surface area contributed by atoms with Crippen molar-refractivity contribution in [3.63, 3.8) is 0 Å². The fraction of sp³-hybridized carbons (Fsp3) is 0.625. The minimum absolute atomic E-state index is 0.427. The minimum atomic E-state index is -0.805. The molecular formula is C16H25N3O2S. The zero-order valence-corrected chi connectivity index (χ0v) is 14.8. The first-order chi connectivity index (χ1) is 10.3. The summed E-state index contributed by atoms with van der Waals surface area (Å²) in [5.41, 5.74) is 1.69. The smallest absolute Gasteiger partial charge is 0.308 e. The predicted molar refractivity (Wildman–Crippen MR) is 90.7 cm³/mol. The average Bonchev–Trinajstić information content (AvgIpc) is 2.72. The molecule has 1 rings (SSSR count). The van der Waals surface area contributed by atoms with Gasteiger partial charge in [0.1, 0.15) is 11.1 Å². The molecule has 1 aromatic heterocycles. The van der Waals surface area contributed by atoms with Crippen LogP contribution in [-0.2, 0) is 4.79 Å². The molecule has 0 saturated heterocycles. The second-order valence-corrected chi connectivity index (χ2v) is 7.12. The molecule has 122 valence electrons. The van der Waals surface area contributed by atoms with Gasteiger partial charge in [0.05, 0.1) is 11.5 Å². The van der Waals surface area contributed by atoms with Crippen LogP contribution in [0.5, 0.6) is 0 Å². The summed E-state index contributed by atoms with van der Waals surface area (Å²) >= 11 is 1.58. The van der Waals surface area contributed by atoms with Crippen LogP contribution in [-0.4, -0.2) is 49.7 Å². The van der Waals surface area contributed by atoms with Gasteiger partial charge in [0.2, 0.25) is 0 Å². The SMILES string of the molecule is Cc1sc(N(CCCN(C)C)CC(C)C(=O)O)c(C#N)c1C. The van der Waals surface area contributed by atoms with Crippen LogP contribution < -0.4 is 4.90 Å². The lowest BCUT2D eigenvalue weighted by Gasteiger charge is -2.26. The van der Waals surface area contributed by atoms with Crippen LogP contribution in [0.2, 0.25) is 0 Å². The molecule has 0 aromatic carbocycles. The van der Waals surface area contributed by atoms with E-state index < -0.39 is 11.9 Å². The molecule has 22 heavy (non-hydrogen) atoms. The van der Waals surface area contributed by atoms with Crippen LogP contribution in [0.25, 0.3) is 0 Å². The van der Waals surface area contributed by atoms with Gasteiger partial charge in [0.15, 0.2) is 0 Å². The van der Waals surface area contributed by atoms with Gasteiger partial charge in [0, 0.05) is 18.0 Å². The maximum absolute atomic E-state index is 11.2. The van der Waals surface area contributed by atoms with Gasteiger partial charge in [0.25, 0.3) is 0 Å².